The van der Waals surface area contributed by atoms with Gasteiger partial charge in [0.25, 0.3) is 0 Å². The van der Waals surface area contributed by atoms with E-state index in [-0.39, 0.29) is 17.0 Å². The molecule has 2 fully saturated rings. The van der Waals surface area contributed by atoms with E-state index in [9.17, 15) is 14.7 Å². The second kappa shape index (κ2) is 12.4. The molecule has 6 rings (SSSR count). The van der Waals surface area contributed by atoms with E-state index >= 15 is 0 Å². The standard InChI is InChI=1S/C34H36N4O5/c1-21-27(14-25(22(2)39)13-23-5-3-4-6-23)20-35-34(36-21)37-28-15-26(16-29(40)18-28)24-7-8-30-31(41)19-33(43-32(30)17-24)38-9-11-42-12-10-38/h7-8,14-20,23,40H,3-6,9-13H2,1-2H3,(H,35,36,37)/b25-14+. The molecular weight excluding hydrogens is 544 g/mol. The van der Waals surface area contributed by atoms with E-state index in [0.29, 0.717) is 60.7 Å². The summed E-state index contributed by atoms with van der Waals surface area (Å²) in [5.41, 5.74) is 4.89. The van der Waals surface area contributed by atoms with E-state index in [1.165, 1.54) is 31.7 Å². The number of carbonyl (C=O) groups is 1. The SMILES string of the molecule is CC(=O)/C(=C/c1cnc(Nc2cc(O)cc(-c3ccc4c(=O)cc(N5CCOCC5)oc4c3)c2)nc1C)CC1CCCC1. The summed E-state index contributed by atoms with van der Waals surface area (Å²) in [5, 5.41) is 14.2. The number of anilines is 3. The molecule has 0 spiro atoms. The Hall–Kier alpha value is -4.50. The van der Waals surface area contributed by atoms with Crippen LogP contribution in [-0.4, -0.2) is 47.2 Å². The smallest absolute Gasteiger partial charge is 0.227 e. The van der Waals surface area contributed by atoms with Gasteiger partial charge in [0.05, 0.1) is 24.3 Å². The number of hydrogen-bond donors (Lipinski definition) is 2. The number of rotatable bonds is 8. The Morgan fingerprint density at radius 2 is 1.88 bits per heavy atom. The summed E-state index contributed by atoms with van der Waals surface area (Å²) in [6.45, 7) is 6.01. The van der Waals surface area contributed by atoms with E-state index in [1.807, 2.05) is 36.1 Å². The van der Waals surface area contributed by atoms with Gasteiger partial charge in [0.15, 0.2) is 17.1 Å². The van der Waals surface area contributed by atoms with Crippen LogP contribution in [0.2, 0.25) is 0 Å². The summed E-state index contributed by atoms with van der Waals surface area (Å²) in [7, 11) is 0. The van der Waals surface area contributed by atoms with Crippen molar-refractivity contribution in [2.75, 3.05) is 36.5 Å². The summed E-state index contributed by atoms with van der Waals surface area (Å²) in [6.07, 6.45) is 9.28. The van der Waals surface area contributed by atoms with Crippen molar-refractivity contribution in [2.45, 2.75) is 46.0 Å². The van der Waals surface area contributed by atoms with Gasteiger partial charge >= 0.3 is 0 Å². The average molecular weight is 581 g/mol. The zero-order valence-corrected chi connectivity index (χ0v) is 24.6. The Morgan fingerprint density at radius 3 is 2.63 bits per heavy atom. The van der Waals surface area contributed by atoms with Gasteiger partial charge in [-0.1, -0.05) is 31.7 Å². The summed E-state index contributed by atoms with van der Waals surface area (Å²) in [4.78, 5) is 36.3. The highest BCUT2D eigenvalue weighted by Gasteiger charge is 2.19. The predicted octanol–water partition coefficient (Wildman–Crippen LogP) is 6.40. The van der Waals surface area contributed by atoms with Crippen LogP contribution in [0.3, 0.4) is 0 Å². The number of ketones is 1. The van der Waals surface area contributed by atoms with Crippen molar-refractivity contribution in [3.8, 4) is 16.9 Å². The Bertz CT molecular complexity index is 1750. The van der Waals surface area contributed by atoms with Crippen LogP contribution in [0.4, 0.5) is 17.5 Å². The average Bonchev–Trinajstić information content (AvgIpc) is 3.51. The lowest BCUT2D eigenvalue weighted by atomic mass is 9.94. The number of ether oxygens (including phenoxy) is 1. The number of carbonyl (C=O) groups excluding carboxylic acids is 1. The topological polar surface area (TPSA) is 118 Å². The lowest BCUT2D eigenvalue weighted by Gasteiger charge is -2.27. The van der Waals surface area contributed by atoms with Crippen molar-refractivity contribution in [3.05, 3.63) is 75.7 Å². The van der Waals surface area contributed by atoms with E-state index in [1.54, 1.807) is 31.3 Å². The number of fused-ring (bicyclic) bond motifs is 1. The molecule has 2 N–H and O–H groups in total. The fourth-order valence-corrected chi connectivity index (χ4v) is 5.94. The van der Waals surface area contributed by atoms with Crippen LogP contribution in [0, 0.1) is 12.8 Å². The highest BCUT2D eigenvalue weighted by atomic mass is 16.5. The first-order chi connectivity index (χ1) is 20.8. The highest BCUT2D eigenvalue weighted by Crippen LogP contribution is 2.33. The minimum atomic E-state index is -0.104. The van der Waals surface area contributed by atoms with Gasteiger partial charge in [-0.25, -0.2) is 9.97 Å². The molecule has 1 saturated heterocycles. The second-order valence-corrected chi connectivity index (χ2v) is 11.5. The van der Waals surface area contributed by atoms with Crippen LogP contribution < -0.4 is 15.6 Å². The predicted molar refractivity (Wildman–Crippen MR) is 168 cm³/mol. The number of aryl methyl sites for hydroxylation is 1. The molecule has 3 heterocycles. The summed E-state index contributed by atoms with van der Waals surface area (Å²) >= 11 is 0. The molecule has 43 heavy (non-hydrogen) atoms. The first kappa shape index (κ1) is 28.6. The summed E-state index contributed by atoms with van der Waals surface area (Å²) < 4.78 is 11.6. The molecule has 0 atom stereocenters. The van der Waals surface area contributed by atoms with Gasteiger partial charge in [0, 0.05) is 42.7 Å². The van der Waals surface area contributed by atoms with Crippen molar-refractivity contribution in [1.29, 1.82) is 0 Å². The molecule has 9 nitrogen and oxygen atoms in total. The first-order valence-corrected chi connectivity index (χ1v) is 14.9. The van der Waals surface area contributed by atoms with Gasteiger partial charge in [0.1, 0.15) is 11.3 Å². The lowest BCUT2D eigenvalue weighted by molar-refractivity contribution is -0.113. The number of aromatic hydroxyl groups is 1. The van der Waals surface area contributed by atoms with Gasteiger partial charge in [-0.2, -0.15) is 0 Å². The third-order valence-corrected chi connectivity index (χ3v) is 8.33. The fraction of sp³-hybridized carbons (Fsp3) is 0.353. The van der Waals surface area contributed by atoms with Gasteiger partial charge in [-0.15, -0.1) is 0 Å². The number of allylic oxidation sites excluding steroid dienone is 1. The lowest BCUT2D eigenvalue weighted by Crippen LogP contribution is -2.36. The maximum atomic E-state index is 12.8. The zero-order valence-electron chi connectivity index (χ0n) is 24.6. The largest absolute Gasteiger partial charge is 0.508 e. The number of aromatic nitrogens is 2. The molecule has 1 aliphatic heterocycles. The Kier molecular flexibility index (Phi) is 8.24. The number of phenols is 1. The molecule has 2 aromatic heterocycles. The van der Waals surface area contributed by atoms with Crippen molar-refractivity contribution in [2.24, 2.45) is 5.92 Å². The third kappa shape index (κ3) is 6.62. The third-order valence-electron chi connectivity index (χ3n) is 8.33. The van der Waals surface area contributed by atoms with Crippen molar-refractivity contribution >= 4 is 40.3 Å². The molecule has 9 heteroatoms. The van der Waals surface area contributed by atoms with Crippen LogP contribution in [-0.2, 0) is 9.53 Å². The molecule has 0 bridgehead atoms. The minimum absolute atomic E-state index is 0.0675. The fourth-order valence-electron chi connectivity index (χ4n) is 5.94. The van der Waals surface area contributed by atoms with Gasteiger partial charge < -0.3 is 24.5 Å². The molecule has 1 aliphatic carbocycles. The molecule has 4 aromatic rings. The number of Topliss-reactive ketones (excluding diaryl/α,β-unsaturated/α-hetero) is 1. The van der Waals surface area contributed by atoms with Gasteiger partial charge in [0.2, 0.25) is 5.95 Å². The summed E-state index contributed by atoms with van der Waals surface area (Å²) in [5.74, 6) is 1.63. The van der Waals surface area contributed by atoms with Crippen LogP contribution in [0.1, 0.15) is 50.3 Å². The maximum absolute atomic E-state index is 12.8. The Labute approximate surface area is 250 Å². The Balaban J connectivity index is 1.25. The van der Waals surface area contributed by atoms with Crippen LogP contribution >= 0.6 is 0 Å². The van der Waals surface area contributed by atoms with E-state index < -0.39 is 0 Å². The molecule has 0 radical (unpaired) electrons. The van der Waals surface area contributed by atoms with Gasteiger partial charge in [-0.05, 0) is 73.2 Å². The molecule has 2 aromatic carbocycles. The van der Waals surface area contributed by atoms with E-state index in [0.717, 1.165) is 34.4 Å². The van der Waals surface area contributed by atoms with Crippen molar-refractivity contribution < 1.29 is 19.1 Å². The molecule has 1 saturated carbocycles. The zero-order chi connectivity index (χ0) is 29.9. The van der Waals surface area contributed by atoms with E-state index in [4.69, 9.17) is 9.15 Å². The number of nitrogens with zero attached hydrogens (tertiary/aromatic N) is 3. The molecule has 0 amide bonds. The number of morpholine rings is 1. The summed E-state index contributed by atoms with van der Waals surface area (Å²) in [6, 6.07) is 12.1. The maximum Gasteiger partial charge on any atom is 0.227 e. The minimum Gasteiger partial charge on any atom is -0.508 e. The molecule has 222 valence electrons. The molecular formula is C34H36N4O5. The van der Waals surface area contributed by atoms with Gasteiger partial charge in [-0.3, -0.25) is 9.59 Å². The second-order valence-electron chi connectivity index (χ2n) is 11.5. The molecule has 0 unspecified atom stereocenters. The van der Waals surface area contributed by atoms with Crippen LogP contribution in [0.5, 0.6) is 5.75 Å². The normalized spacial score (nSPS) is 16.1. The van der Waals surface area contributed by atoms with Crippen LogP contribution in [0.25, 0.3) is 28.2 Å². The highest BCUT2D eigenvalue weighted by molar-refractivity contribution is 5.97. The number of phenolic OH excluding ortho intramolecular Hbond substituents is 1. The van der Waals surface area contributed by atoms with Crippen molar-refractivity contribution in [3.63, 3.8) is 0 Å². The number of nitrogens with one attached hydrogen (secondary N) is 1. The molecule has 2 aliphatic rings. The van der Waals surface area contributed by atoms with E-state index in [2.05, 4.69) is 15.3 Å². The first-order valence-electron chi connectivity index (χ1n) is 14.9. The monoisotopic (exact) mass is 580 g/mol. The number of hydrogen-bond acceptors (Lipinski definition) is 9. The Morgan fingerprint density at radius 1 is 1.09 bits per heavy atom. The quantitative estimate of drug-likeness (QED) is 0.228. The number of benzene rings is 2. The van der Waals surface area contributed by atoms with Crippen molar-refractivity contribution in [1.82, 2.24) is 9.97 Å². The van der Waals surface area contributed by atoms with Crippen LogP contribution in [0.15, 0.2) is 63.4 Å².